The van der Waals surface area contributed by atoms with Crippen molar-refractivity contribution in [3.8, 4) is 0 Å². The van der Waals surface area contributed by atoms with Gasteiger partial charge in [0.05, 0.1) is 6.04 Å². The molecule has 0 fully saturated rings. The first-order chi connectivity index (χ1) is 24.7. The van der Waals surface area contributed by atoms with Crippen molar-refractivity contribution in [3.63, 3.8) is 0 Å². The molecule has 1 unspecified atom stereocenters. The number of hydrogen-bond donors (Lipinski definition) is 5. The molecule has 0 spiro atoms. The van der Waals surface area contributed by atoms with Gasteiger partial charge in [-0.1, -0.05) is 58.9 Å². The van der Waals surface area contributed by atoms with Gasteiger partial charge in [0, 0.05) is 80.4 Å². The van der Waals surface area contributed by atoms with Crippen LogP contribution in [0, 0.1) is 5.41 Å². The quantitative estimate of drug-likeness (QED) is 0.118. The Morgan fingerprint density at radius 2 is 1.58 bits per heavy atom. The van der Waals surface area contributed by atoms with E-state index in [1.807, 2.05) is 76.7 Å². The monoisotopic (exact) mass is 735 g/mol. The third-order valence-electron chi connectivity index (χ3n) is 9.49. The number of fused-ring (bicyclic) bond motifs is 1. The first kappa shape index (κ1) is 42.1. The van der Waals surface area contributed by atoms with Crippen LogP contribution in [0.1, 0.15) is 59.9 Å². The summed E-state index contributed by atoms with van der Waals surface area (Å²) in [5.74, 6) is -4.22. The number of likely N-dealkylation sites (N-methyl/N-ethyl adjacent to an activating group) is 2. The van der Waals surface area contributed by atoms with Gasteiger partial charge in [-0.05, 0) is 37.4 Å². The Bertz CT molecular complexity index is 1780. The summed E-state index contributed by atoms with van der Waals surface area (Å²) in [6, 6.07) is 4.98. The highest BCUT2D eigenvalue weighted by Gasteiger charge is 2.41. The molecule has 2 heterocycles. The molecule has 0 radical (unpaired) electrons. The van der Waals surface area contributed by atoms with E-state index in [0.29, 0.717) is 0 Å². The maximum atomic E-state index is 13.9. The van der Waals surface area contributed by atoms with Crippen LogP contribution in [0.15, 0.2) is 54.3 Å². The minimum absolute atomic E-state index is 0.00478. The lowest BCUT2D eigenvalue weighted by atomic mass is 9.76. The van der Waals surface area contributed by atoms with Crippen molar-refractivity contribution in [1.29, 1.82) is 0 Å². The minimum atomic E-state index is -1.37. The number of carboxylic acid groups (broad SMARTS) is 1. The van der Waals surface area contributed by atoms with Gasteiger partial charge in [-0.2, -0.15) is 0 Å². The van der Waals surface area contributed by atoms with Gasteiger partial charge >= 0.3 is 5.97 Å². The zero-order valence-corrected chi connectivity index (χ0v) is 32.0. The van der Waals surface area contributed by atoms with Crippen molar-refractivity contribution in [1.82, 2.24) is 35.6 Å². The normalized spacial score (nSPS) is 15.3. The lowest BCUT2D eigenvalue weighted by Gasteiger charge is -2.38. The SMILES string of the molecule is CN[C@H](C(=O)NC(C(=O)N(C)C/C=C(\C)C(=O)N[C@H](CCC(=O)NCCN1C(=O)C=CC1=O)C(=O)O)C(C)(C)C)C(C)(C)c1cn(C)c2ccccc12. The van der Waals surface area contributed by atoms with E-state index in [1.54, 1.807) is 14.1 Å². The summed E-state index contributed by atoms with van der Waals surface area (Å²) in [6.45, 7) is 11.0. The Kier molecular flexibility index (Phi) is 13.9. The number of imide groups is 1. The molecule has 1 aromatic carbocycles. The number of aryl methyl sites for hydroxylation is 1. The van der Waals surface area contributed by atoms with Crippen LogP contribution in [0.5, 0.6) is 0 Å². The summed E-state index contributed by atoms with van der Waals surface area (Å²) in [5.41, 5.74) is 0.821. The zero-order chi connectivity index (χ0) is 39.8. The van der Waals surface area contributed by atoms with E-state index >= 15 is 0 Å². The second kappa shape index (κ2) is 17.5. The predicted molar refractivity (Wildman–Crippen MR) is 199 cm³/mol. The first-order valence-electron chi connectivity index (χ1n) is 17.5. The molecule has 2 aromatic rings. The molecule has 0 saturated heterocycles. The van der Waals surface area contributed by atoms with Gasteiger partial charge in [0.15, 0.2) is 0 Å². The number of carbonyl (C=O) groups excluding carboxylic acids is 6. The molecular formula is C38H53N7O8. The summed E-state index contributed by atoms with van der Waals surface area (Å²) in [4.78, 5) is 90.4. The minimum Gasteiger partial charge on any atom is -0.480 e. The van der Waals surface area contributed by atoms with E-state index in [1.165, 1.54) is 17.9 Å². The fourth-order valence-electron chi connectivity index (χ4n) is 6.23. The number of nitrogens with zero attached hydrogens (tertiary/aromatic N) is 3. The van der Waals surface area contributed by atoms with Crippen LogP contribution in [-0.4, -0.2) is 113 Å². The lowest BCUT2D eigenvalue weighted by Crippen LogP contribution is -2.60. The van der Waals surface area contributed by atoms with E-state index in [4.69, 9.17) is 0 Å². The van der Waals surface area contributed by atoms with Crippen LogP contribution >= 0.6 is 0 Å². The fraction of sp³-hybridized carbons (Fsp3) is 0.500. The Morgan fingerprint density at radius 3 is 2.17 bits per heavy atom. The number of aliphatic carboxylic acids is 1. The fourth-order valence-corrected chi connectivity index (χ4v) is 6.23. The summed E-state index contributed by atoms with van der Waals surface area (Å²) in [6.07, 6.45) is 5.33. The molecule has 1 aliphatic heterocycles. The van der Waals surface area contributed by atoms with Crippen LogP contribution in [-0.2, 0) is 46.0 Å². The Balaban J connectivity index is 1.61. The number of aromatic nitrogens is 1. The molecule has 15 nitrogen and oxygen atoms in total. The van der Waals surface area contributed by atoms with Crippen LogP contribution in [0.25, 0.3) is 10.9 Å². The van der Waals surface area contributed by atoms with Gasteiger partial charge in [-0.3, -0.25) is 33.7 Å². The van der Waals surface area contributed by atoms with Crippen molar-refractivity contribution >= 4 is 52.3 Å². The second-order valence-electron chi connectivity index (χ2n) is 14.9. The lowest BCUT2D eigenvalue weighted by molar-refractivity contribution is -0.142. The molecule has 1 aliphatic rings. The highest BCUT2D eigenvalue weighted by atomic mass is 16.4. The molecule has 6 amide bonds. The number of rotatable bonds is 17. The van der Waals surface area contributed by atoms with Crippen LogP contribution < -0.4 is 21.3 Å². The van der Waals surface area contributed by atoms with Gasteiger partial charge in [-0.15, -0.1) is 0 Å². The summed E-state index contributed by atoms with van der Waals surface area (Å²) in [5, 5.41) is 21.8. The maximum absolute atomic E-state index is 13.9. The molecule has 0 saturated carbocycles. The van der Waals surface area contributed by atoms with Crippen molar-refractivity contribution in [2.24, 2.45) is 12.5 Å². The van der Waals surface area contributed by atoms with E-state index in [2.05, 4.69) is 21.3 Å². The summed E-state index contributed by atoms with van der Waals surface area (Å²) >= 11 is 0. The Hall–Kier alpha value is -5.31. The second-order valence-corrected chi connectivity index (χ2v) is 14.9. The van der Waals surface area contributed by atoms with Gasteiger partial charge < -0.3 is 35.8 Å². The zero-order valence-electron chi connectivity index (χ0n) is 32.0. The van der Waals surface area contributed by atoms with Crippen molar-refractivity contribution in [2.75, 3.05) is 33.7 Å². The largest absolute Gasteiger partial charge is 0.480 e. The average Bonchev–Trinajstić information content (AvgIpc) is 3.60. The summed E-state index contributed by atoms with van der Waals surface area (Å²) in [7, 11) is 5.22. The highest BCUT2D eigenvalue weighted by Crippen LogP contribution is 2.35. The smallest absolute Gasteiger partial charge is 0.326 e. The molecule has 288 valence electrons. The molecule has 0 aliphatic carbocycles. The number of para-hydroxylation sites is 1. The first-order valence-corrected chi connectivity index (χ1v) is 17.5. The molecule has 5 N–H and O–H groups in total. The Labute approximate surface area is 310 Å². The van der Waals surface area contributed by atoms with E-state index in [9.17, 15) is 38.7 Å². The molecule has 1 aromatic heterocycles. The standard InChI is InChI=1S/C38H53N7O8/c1-23(33(49)41-26(36(52)53)14-15-28(46)40-19-21-45-29(47)16-17-30(45)48)18-20-43(8)35(51)32(37(2,3)4)42-34(50)31(39-7)38(5,6)25-22-44(9)27-13-11-10-12-24(25)27/h10-13,16-18,22,26,31-32,39H,14-15,19-21H2,1-9H3,(H,40,46)(H,41,49)(H,42,50)(H,52,53)/b23-18+/t26-,31-,32?/m1/s1. The molecule has 53 heavy (non-hydrogen) atoms. The number of amides is 6. The van der Waals surface area contributed by atoms with E-state index in [0.717, 1.165) is 33.5 Å². The molecular weight excluding hydrogens is 682 g/mol. The van der Waals surface area contributed by atoms with Crippen molar-refractivity contribution in [3.05, 3.63) is 59.8 Å². The van der Waals surface area contributed by atoms with Gasteiger partial charge in [0.1, 0.15) is 12.1 Å². The summed E-state index contributed by atoms with van der Waals surface area (Å²) < 4.78 is 2.02. The van der Waals surface area contributed by atoms with Crippen molar-refractivity contribution < 1.29 is 38.7 Å². The van der Waals surface area contributed by atoms with E-state index < -0.39 is 58.6 Å². The molecule has 3 rings (SSSR count). The van der Waals surface area contributed by atoms with Crippen LogP contribution in [0.3, 0.4) is 0 Å². The predicted octanol–water partition coefficient (Wildman–Crippen LogP) is 1.37. The van der Waals surface area contributed by atoms with Gasteiger partial charge in [-0.25, -0.2) is 4.79 Å². The average molecular weight is 736 g/mol. The van der Waals surface area contributed by atoms with E-state index in [-0.39, 0.29) is 49.9 Å². The Morgan fingerprint density at radius 1 is 0.962 bits per heavy atom. The highest BCUT2D eigenvalue weighted by molar-refractivity contribution is 6.12. The van der Waals surface area contributed by atoms with Gasteiger partial charge in [0.25, 0.3) is 11.8 Å². The number of benzene rings is 1. The maximum Gasteiger partial charge on any atom is 0.326 e. The third kappa shape index (κ3) is 10.4. The third-order valence-corrected chi connectivity index (χ3v) is 9.49. The molecule has 0 bridgehead atoms. The number of nitrogens with one attached hydrogen (secondary N) is 4. The molecule has 15 heteroatoms. The van der Waals surface area contributed by atoms with Crippen molar-refractivity contribution in [2.45, 2.75) is 77.9 Å². The number of carboxylic acids is 1. The topological polar surface area (TPSA) is 199 Å². The number of hydrogen-bond acceptors (Lipinski definition) is 8. The van der Waals surface area contributed by atoms with Crippen LogP contribution in [0.4, 0.5) is 0 Å². The number of carbonyl (C=O) groups is 7. The van der Waals surface area contributed by atoms with Gasteiger partial charge in [0.2, 0.25) is 23.6 Å². The molecule has 3 atom stereocenters. The van der Waals surface area contributed by atoms with Crippen LogP contribution in [0.2, 0.25) is 0 Å².